The third-order valence-corrected chi connectivity index (χ3v) is 3.10. The molecule has 0 saturated heterocycles. The lowest BCUT2D eigenvalue weighted by molar-refractivity contribution is -0.127. The van der Waals surface area contributed by atoms with Gasteiger partial charge in [-0.05, 0) is 33.6 Å². The molecule has 0 atom stereocenters. The van der Waals surface area contributed by atoms with Gasteiger partial charge < -0.3 is 0 Å². The summed E-state index contributed by atoms with van der Waals surface area (Å²) in [6, 6.07) is 2.52. The Morgan fingerprint density at radius 2 is 1.79 bits per heavy atom. The van der Waals surface area contributed by atoms with Crippen molar-refractivity contribution in [3.8, 4) is 0 Å². The minimum Gasteiger partial charge on any atom is -0.171 e. The SMILES string of the molecule is FC(F)(F)Cc1cc(Cl)c(Cl)c(Br)c1. The molecule has 0 radical (unpaired) electrons. The van der Waals surface area contributed by atoms with Gasteiger partial charge in [-0.2, -0.15) is 13.2 Å². The fourth-order valence-electron chi connectivity index (χ4n) is 0.942. The van der Waals surface area contributed by atoms with Crippen LogP contribution >= 0.6 is 39.1 Å². The summed E-state index contributed by atoms with van der Waals surface area (Å²) >= 11 is 14.3. The van der Waals surface area contributed by atoms with Gasteiger partial charge in [0.15, 0.2) is 0 Å². The molecule has 0 nitrogen and oxygen atoms in total. The summed E-state index contributed by atoms with van der Waals surface area (Å²) in [6.45, 7) is 0. The van der Waals surface area contributed by atoms with Gasteiger partial charge in [0.2, 0.25) is 0 Å². The molecule has 1 aromatic carbocycles. The first-order valence-corrected chi connectivity index (χ1v) is 5.04. The molecule has 0 aliphatic heterocycles. The molecule has 1 rings (SSSR count). The lowest BCUT2D eigenvalue weighted by Gasteiger charge is -2.08. The lowest BCUT2D eigenvalue weighted by Crippen LogP contribution is -2.11. The maximum absolute atomic E-state index is 12.0. The molecule has 0 fully saturated rings. The molecule has 0 aromatic heterocycles. The highest BCUT2D eigenvalue weighted by atomic mass is 79.9. The fraction of sp³-hybridized carbons (Fsp3) is 0.250. The predicted octanol–water partition coefficient (Wildman–Crippen LogP) is 4.86. The van der Waals surface area contributed by atoms with Crippen molar-refractivity contribution in [1.82, 2.24) is 0 Å². The van der Waals surface area contributed by atoms with E-state index in [1.165, 1.54) is 12.1 Å². The van der Waals surface area contributed by atoms with E-state index in [0.29, 0.717) is 4.47 Å². The molecule has 0 aliphatic rings. The molecule has 0 amide bonds. The predicted molar refractivity (Wildman–Crippen MR) is 53.9 cm³/mol. The molecule has 78 valence electrons. The first-order valence-electron chi connectivity index (χ1n) is 3.50. The van der Waals surface area contributed by atoms with Gasteiger partial charge >= 0.3 is 6.18 Å². The molecule has 0 unspecified atom stereocenters. The van der Waals surface area contributed by atoms with Crippen LogP contribution < -0.4 is 0 Å². The van der Waals surface area contributed by atoms with E-state index in [-0.39, 0.29) is 15.6 Å². The van der Waals surface area contributed by atoms with Gasteiger partial charge in [0.05, 0.1) is 16.5 Å². The normalized spacial score (nSPS) is 11.9. The lowest BCUT2D eigenvalue weighted by atomic mass is 10.1. The molecule has 1 aromatic rings. The number of hydrogen-bond acceptors (Lipinski definition) is 0. The summed E-state index contributed by atoms with van der Waals surface area (Å²) in [5.41, 5.74) is 0.0822. The van der Waals surface area contributed by atoms with Crippen LogP contribution in [0.1, 0.15) is 5.56 Å². The minimum absolute atomic E-state index is 0.0822. The van der Waals surface area contributed by atoms with E-state index in [1.54, 1.807) is 0 Å². The minimum atomic E-state index is -4.24. The van der Waals surface area contributed by atoms with Crippen molar-refractivity contribution in [2.75, 3.05) is 0 Å². The Morgan fingerprint density at radius 1 is 1.21 bits per heavy atom. The molecule has 0 saturated carbocycles. The van der Waals surface area contributed by atoms with Gasteiger partial charge in [-0.25, -0.2) is 0 Å². The zero-order chi connectivity index (χ0) is 10.9. The van der Waals surface area contributed by atoms with Gasteiger partial charge in [0.1, 0.15) is 0 Å². The average molecular weight is 308 g/mol. The van der Waals surface area contributed by atoms with Gasteiger partial charge in [-0.3, -0.25) is 0 Å². The van der Waals surface area contributed by atoms with Crippen LogP contribution in [0.15, 0.2) is 16.6 Å². The van der Waals surface area contributed by atoms with Gasteiger partial charge in [0.25, 0.3) is 0 Å². The summed E-state index contributed by atoms with van der Waals surface area (Å²) in [5, 5.41) is 0.331. The fourth-order valence-corrected chi connectivity index (χ4v) is 1.91. The standard InChI is InChI=1S/C8H4BrCl2F3/c9-5-1-4(3-8(12,13)14)2-6(10)7(5)11/h1-2H,3H2. The monoisotopic (exact) mass is 306 g/mol. The highest BCUT2D eigenvalue weighted by Gasteiger charge is 2.28. The number of halogens is 6. The molecule has 0 heterocycles. The van der Waals surface area contributed by atoms with Crippen molar-refractivity contribution in [2.45, 2.75) is 12.6 Å². The Balaban J connectivity index is 3.02. The van der Waals surface area contributed by atoms with Crippen molar-refractivity contribution < 1.29 is 13.2 Å². The van der Waals surface area contributed by atoms with Crippen LogP contribution in [0.4, 0.5) is 13.2 Å². The van der Waals surface area contributed by atoms with E-state index in [4.69, 9.17) is 23.2 Å². The molecular formula is C8H4BrCl2F3. The molecule has 0 spiro atoms. The van der Waals surface area contributed by atoms with Crippen LogP contribution in [0.2, 0.25) is 10.0 Å². The van der Waals surface area contributed by atoms with Crippen molar-refractivity contribution in [2.24, 2.45) is 0 Å². The Bertz CT molecular complexity index is 326. The first kappa shape index (κ1) is 12.1. The summed E-state index contributed by atoms with van der Waals surface area (Å²) in [4.78, 5) is 0. The average Bonchev–Trinajstić information content (AvgIpc) is 1.96. The zero-order valence-corrected chi connectivity index (χ0v) is 9.73. The topological polar surface area (TPSA) is 0 Å². The molecule has 6 heteroatoms. The second-order valence-electron chi connectivity index (χ2n) is 2.67. The quantitative estimate of drug-likeness (QED) is 0.650. The number of benzene rings is 1. The van der Waals surface area contributed by atoms with Crippen LogP contribution in [-0.4, -0.2) is 6.18 Å². The van der Waals surface area contributed by atoms with E-state index >= 15 is 0 Å². The van der Waals surface area contributed by atoms with Crippen molar-refractivity contribution in [3.63, 3.8) is 0 Å². The number of alkyl halides is 3. The third kappa shape index (κ3) is 3.33. The first-order chi connectivity index (χ1) is 6.29. The van der Waals surface area contributed by atoms with Crippen LogP contribution in [0.5, 0.6) is 0 Å². The summed E-state index contributed by atoms with van der Waals surface area (Å²) < 4.78 is 36.4. The van der Waals surface area contributed by atoms with Crippen molar-refractivity contribution in [3.05, 3.63) is 32.2 Å². The smallest absolute Gasteiger partial charge is 0.171 e. The molecule has 0 aliphatic carbocycles. The Kier molecular flexibility index (Phi) is 3.72. The molecular weight excluding hydrogens is 304 g/mol. The summed E-state index contributed by atoms with van der Waals surface area (Å²) in [7, 11) is 0. The maximum Gasteiger partial charge on any atom is 0.393 e. The maximum atomic E-state index is 12.0. The van der Waals surface area contributed by atoms with Crippen LogP contribution in [-0.2, 0) is 6.42 Å². The van der Waals surface area contributed by atoms with E-state index in [2.05, 4.69) is 15.9 Å². The molecule has 0 N–H and O–H groups in total. The van der Waals surface area contributed by atoms with Gasteiger partial charge in [0, 0.05) is 4.47 Å². The Hall–Kier alpha value is 0.0700. The van der Waals surface area contributed by atoms with Gasteiger partial charge in [-0.15, -0.1) is 0 Å². The highest BCUT2D eigenvalue weighted by Crippen LogP contribution is 2.33. The molecule has 0 bridgehead atoms. The Labute approximate surface area is 97.1 Å². The van der Waals surface area contributed by atoms with Crippen LogP contribution in [0.25, 0.3) is 0 Å². The highest BCUT2D eigenvalue weighted by molar-refractivity contribution is 9.10. The number of hydrogen-bond donors (Lipinski definition) is 0. The number of rotatable bonds is 1. The van der Waals surface area contributed by atoms with E-state index in [0.717, 1.165) is 0 Å². The summed E-state index contributed by atoms with van der Waals surface area (Å²) in [5.74, 6) is 0. The second-order valence-corrected chi connectivity index (χ2v) is 4.30. The zero-order valence-electron chi connectivity index (χ0n) is 6.63. The van der Waals surface area contributed by atoms with Crippen molar-refractivity contribution in [1.29, 1.82) is 0 Å². The van der Waals surface area contributed by atoms with Crippen LogP contribution in [0, 0.1) is 0 Å². The largest absolute Gasteiger partial charge is 0.393 e. The second kappa shape index (κ2) is 4.29. The third-order valence-electron chi connectivity index (χ3n) is 1.45. The van der Waals surface area contributed by atoms with E-state index in [1.807, 2.05) is 0 Å². The van der Waals surface area contributed by atoms with E-state index in [9.17, 15) is 13.2 Å². The van der Waals surface area contributed by atoms with Crippen LogP contribution in [0.3, 0.4) is 0 Å². The van der Waals surface area contributed by atoms with Crippen molar-refractivity contribution >= 4 is 39.1 Å². The summed E-state index contributed by atoms with van der Waals surface area (Å²) in [6.07, 6.45) is -5.25. The van der Waals surface area contributed by atoms with Gasteiger partial charge in [-0.1, -0.05) is 23.2 Å². The van der Waals surface area contributed by atoms with E-state index < -0.39 is 12.6 Å². The molecule has 14 heavy (non-hydrogen) atoms. The Morgan fingerprint density at radius 3 is 2.21 bits per heavy atom.